The molecule has 0 spiro atoms. The van der Waals surface area contributed by atoms with E-state index in [0.717, 1.165) is 0 Å². The van der Waals surface area contributed by atoms with Crippen molar-refractivity contribution in [3.05, 3.63) is 82.9 Å². The van der Waals surface area contributed by atoms with E-state index >= 15 is 0 Å². The summed E-state index contributed by atoms with van der Waals surface area (Å²) >= 11 is 6.08. The summed E-state index contributed by atoms with van der Waals surface area (Å²) in [4.78, 5) is 25.3. The van der Waals surface area contributed by atoms with Crippen molar-refractivity contribution in [3.63, 3.8) is 0 Å². The molecule has 4 aromatic carbocycles. The molecule has 0 atom stereocenters. The molecule has 0 unspecified atom stereocenters. The number of amides is 2. The van der Waals surface area contributed by atoms with Crippen molar-refractivity contribution < 1.29 is 24.2 Å². The Morgan fingerprint density at radius 1 is 0.892 bits per heavy atom. The molecule has 9 nitrogen and oxygen atoms in total. The van der Waals surface area contributed by atoms with Crippen LogP contribution in [0.1, 0.15) is 20.7 Å². The van der Waals surface area contributed by atoms with Crippen LogP contribution in [-0.2, 0) is 0 Å². The van der Waals surface area contributed by atoms with Gasteiger partial charge in [-0.2, -0.15) is 0 Å². The predicted octanol–water partition coefficient (Wildman–Crippen LogP) is 6.24. The minimum atomic E-state index is -0.598. The summed E-state index contributed by atoms with van der Waals surface area (Å²) < 4.78 is 10.6. The molecule has 0 aromatic heterocycles. The highest BCUT2D eigenvalue weighted by Gasteiger charge is 2.20. The van der Waals surface area contributed by atoms with E-state index < -0.39 is 5.91 Å². The number of aromatic hydroxyl groups is 1. The molecule has 0 aliphatic rings. The number of rotatable bonds is 7. The fourth-order valence-electron chi connectivity index (χ4n) is 3.72. The van der Waals surface area contributed by atoms with Crippen molar-refractivity contribution in [1.29, 1.82) is 0 Å². The number of hydrogen-bond acceptors (Lipinski definition) is 7. The summed E-state index contributed by atoms with van der Waals surface area (Å²) in [6.45, 7) is 0. The molecule has 0 aliphatic heterocycles. The van der Waals surface area contributed by atoms with E-state index in [1.807, 2.05) is 0 Å². The van der Waals surface area contributed by atoms with Crippen LogP contribution in [0.25, 0.3) is 10.8 Å². The zero-order valence-electron chi connectivity index (χ0n) is 20.2. The first-order valence-electron chi connectivity index (χ1n) is 11.1. The highest BCUT2D eigenvalue weighted by Crippen LogP contribution is 2.41. The highest BCUT2D eigenvalue weighted by atomic mass is 35.5. The molecule has 37 heavy (non-hydrogen) atoms. The maximum atomic E-state index is 13.2. The zero-order valence-corrected chi connectivity index (χ0v) is 21.0. The molecule has 10 heteroatoms. The van der Waals surface area contributed by atoms with Gasteiger partial charge in [-0.15, -0.1) is 10.2 Å². The van der Waals surface area contributed by atoms with Gasteiger partial charge < -0.3 is 25.2 Å². The molecule has 2 amide bonds. The molecule has 3 N–H and O–H groups in total. The third-order valence-corrected chi connectivity index (χ3v) is 5.81. The number of phenolic OH excluding ortho intramolecular Hbond substituents is 1. The van der Waals surface area contributed by atoms with Gasteiger partial charge in [-0.05, 0) is 47.9 Å². The first kappa shape index (κ1) is 25.5. The lowest BCUT2D eigenvalue weighted by Crippen LogP contribution is -2.17. The predicted molar refractivity (Wildman–Crippen MR) is 142 cm³/mol. The number of ether oxygens (including phenoxy) is 2. The Balaban J connectivity index is 1.80. The molecule has 188 valence electrons. The van der Waals surface area contributed by atoms with Crippen LogP contribution in [0, 0.1) is 0 Å². The van der Waals surface area contributed by atoms with Gasteiger partial charge in [0.25, 0.3) is 11.8 Å². The number of anilines is 1. The Kier molecular flexibility index (Phi) is 7.55. The molecule has 0 aliphatic carbocycles. The van der Waals surface area contributed by atoms with Crippen LogP contribution < -0.4 is 20.1 Å². The first-order chi connectivity index (χ1) is 17.9. The van der Waals surface area contributed by atoms with E-state index in [0.29, 0.717) is 38.5 Å². The van der Waals surface area contributed by atoms with Gasteiger partial charge in [0.1, 0.15) is 22.9 Å². The number of fused-ring (bicyclic) bond motifs is 1. The summed E-state index contributed by atoms with van der Waals surface area (Å²) in [6, 6.07) is 18.2. The second-order valence-corrected chi connectivity index (χ2v) is 8.24. The third-order valence-electron chi connectivity index (χ3n) is 5.58. The minimum Gasteiger partial charge on any atom is -0.505 e. The van der Waals surface area contributed by atoms with Crippen molar-refractivity contribution in [3.8, 4) is 17.2 Å². The largest absolute Gasteiger partial charge is 0.505 e. The number of carbonyl (C=O) groups excluding carboxylic acids is 2. The summed E-state index contributed by atoms with van der Waals surface area (Å²) in [5, 5.41) is 26.6. The lowest BCUT2D eigenvalue weighted by atomic mass is 10.0. The van der Waals surface area contributed by atoms with E-state index in [9.17, 15) is 14.7 Å². The van der Waals surface area contributed by atoms with Gasteiger partial charge in [-0.3, -0.25) is 9.59 Å². The van der Waals surface area contributed by atoms with E-state index in [1.54, 1.807) is 60.7 Å². The number of nitrogens with one attached hydrogen (secondary N) is 2. The van der Waals surface area contributed by atoms with Gasteiger partial charge in [0.2, 0.25) is 0 Å². The molecule has 4 rings (SSSR count). The number of nitrogens with zero attached hydrogens (tertiary/aromatic N) is 2. The van der Waals surface area contributed by atoms with E-state index in [2.05, 4.69) is 20.9 Å². The molecule has 0 saturated carbocycles. The van der Waals surface area contributed by atoms with Crippen molar-refractivity contribution >= 4 is 51.2 Å². The Labute approximate surface area is 217 Å². The quantitative estimate of drug-likeness (QED) is 0.250. The molecule has 4 aromatic rings. The fourth-order valence-corrected chi connectivity index (χ4v) is 3.89. The van der Waals surface area contributed by atoms with Gasteiger partial charge in [0.15, 0.2) is 5.75 Å². The molecular formula is C27H23ClN4O5. The van der Waals surface area contributed by atoms with Crippen molar-refractivity contribution in [2.45, 2.75) is 0 Å². The van der Waals surface area contributed by atoms with Gasteiger partial charge in [-0.25, -0.2) is 0 Å². The van der Waals surface area contributed by atoms with Crippen LogP contribution in [0.3, 0.4) is 0 Å². The van der Waals surface area contributed by atoms with Crippen molar-refractivity contribution in [2.24, 2.45) is 10.2 Å². The van der Waals surface area contributed by atoms with Crippen molar-refractivity contribution in [1.82, 2.24) is 5.32 Å². The van der Waals surface area contributed by atoms with Crippen LogP contribution in [0.4, 0.5) is 17.1 Å². The molecule has 0 fully saturated rings. The normalized spacial score (nSPS) is 10.9. The zero-order chi connectivity index (χ0) is 26.5. The van der Waals surface area contributed by atoms with E-state index in [1.165, 1.54) is 27.3 Å². The van der Waals surface area contributed by atoms with Gasteiger partial charge in [0.05, 0.1) is 25.5 Å². The lowest BCUT2D eigenvalue weighted by Gasteiger charge is -2.13. The van der Waals surface area contributed by atoms with Crippen LogP contribution in [0.5, 0.6) is 17.2 Å². The number of methoxy groups -OCH3 is 2. The third kappa shape index (κ3) is 5.31. The minimum absolute atomic E-state index is 0.0271. The lowest BCUT2D eigenvalue weighted by molar-refractivity contribution is 0.0962. The number of halogens is 1. The average molecular weight is 519 g/mol. The number of hydrogen-bond donors (Lipinski definition) is 3. The second kappa shape index (κ2) is 11.0. The summed E-state index contributed by atoms with van der Waals surface area (Å²) in [5.74, 6) is -0.493. The standard InChI is InChI=1S/C27H23ClN4O5/c1-29-26(34)16-8-10-23(37-3)21(13-16)31-32-24-18-7-5-4-6-15(18)12-19(25(24)33)27(35)30-20-14-17(28)9-11-22(20)36-2/h4-14,33H,1-3H3,(H,29,34)(H,30,35). The smallest absolute Gasteiger partial charge is 0.259 e. The van der Waals surface area contributed by atoms with E-state index in [-0.39, 0.29) is 28.6 Å². The van der Waals surface area contributed by atoms with Crippen LogP contribution in [0.2, 0.25) is 5.02 Å². The Morgan fingerprint density at radius 3 is 2.35 bits per heavy atom. The van der Waals surface area contributed by atoms with Crippen LogP contribution in [-0.4, -0.2) is 38.2 Å². The van der Waals surface area contributed by atoms with Gasteiger partial charge in [-0.1, -0.05) is 35.9 Å². The number of carbonyl (C=O) groups is 2. The maximum Gasteiger partial charge on any atom is 0.259 e. The molecule has 0 heterocycles. The fraction of sp³-hybridized carbons (Fsp3) is 0.111. The van der Waals surface area contributed by atoms with Crippen LogP contribution >= 0.6 is 11.6 Å². The summed E-state index contributed by atoms with van der Waals surface area (Å²) in [7, 11) is 4.46. The van der Waals surface area contributed by atoms with Crippen molar-refractivity contribution in [2.75, 3.05) is 26.6 Å². The monoisotopic (exact) mass is 518 g/mol. The molecule has 0 bridgehead atoms. The Hall–Kier alpha value is -4.63. The van der Waals surface area contributed by atoms with E-state index in [4.69, 9.17) is 21.1 Å². The SMILES string of the molecule is CNC(=O)c1ccc(OC)c(N=Nc2c(O)c(C(=O)Nc3cc(Cl)ccc3OC)cc3ccccc23)c1. The number of benzene rings is 4. The first-order valence-corrected chi connectivity index (χ1v) is 11.5. The summed E-state index contributed by atoms with van der Waals surface area (Å²) in [5.41, 5.74) is 1.02. The van der Waals surface area contributed by atoms with Gasteiger partial charge >= 0.3 is 0 Å². The second-order valence-electron chi connectivity index (χ2n) is 7.81. The Morgan fingerprint density at radius 2 is 1.62 bits per heavy atom. The molecule has 0 saturated heterocycles. The Bertz CT molecular complexity index is 1540. The topological polar surface area (TPSA) is 122 Å². The van der Waals surface area contributed by atoms with Gasteiger partial charge in [0, 0.05) is 23.0 Å². The highest BCUT2D eigenvalue weighted by molar-refractivity contribution is 6.31. The average Bonchev–Trinajstić information content (AvgIpc) is 2.91. The summed E-state index contributed by atoms with van der Waals surface area (Å²) in [6.07, 6.45) is 0. The maximum absolute atomic E-state index is 13.2. The number of phenols is 1. The van der Waals surface area contributed by atoms with Crippen LogP contribution in [0.15, 0.2) is 77.0 Å². The molecular weight excluding hydrogens is 496 g/mol. The molecule has 0 radical (unpaired) electrons. The number of azo groups is 1.